The van der Waals surface area contributed by atoms with Gasteiger partial charge in [0.1, 0.15) is 0 Å². The summed E-state index contributed by atoms with van der Waals surface area (Å²) in [5.74, 6) is 0. The maximum absolute atomic E-state index is 12.0. The highest BCUT2D eigenvalue weighted by atomic mass is 16.5. The van der Waals surface area contributed by atoms with E-state index in [-0.39, 0.29) is 5.56 Å². The predicted octanol–water partition coefficient (Wildman–Crippen LogP) is 0.468. The molecule has 1 saturated heterocycles. The Kier molecular flexibility index (Phi) is 5.55. The first-order valence-corrected chi connectivity index (χ1v) is 7.24. The first kappa shape index (κ1) is 15.0. The van der Waals surface area contributed by atoms with Crippen molar-refractivity contribution in [3.8, 4) is 0 Å². The van der Waals surface area contributed by atoms with Crippen LogP contribution in [0.15, 0.2) is 17.1 Å². The number of rotatable bonds is 6. The largest absolute Gasteiger partial charge is 0.381 e. The molecular weight excluding hydrogens is 256 g/mol. The standard InChI is InChI=1S/C14H24N4O2/c1-15-6-3-7-18-14(19)10-12(11-16-18)17-8-4-13(20-2)5-9-17/h10-11,13,15H,3-9H2,1-2H3. The summed E-state index contributed by atoms with van der Waals surface area (Å²) in [5.41, 5.74) is 0.905. The van der Waals surface area contributed by atoms with Gasteiger partial charge in [-0.05, 0) is 32.9 Å². The van der Waals surface area contributed by atoms with Gasteiger partial charge in [-0.3, -0.25) is 4.79 Å². The summed E-state index contributed by atoms with van der Waals surface area (Å²) >= 11 is 0. The molecule has 1 fully saturated rings. The van der Waals surface area contributed by atoms with Gasteiger partial charge < -0.3 is 15.0 Å². The number of ether oxygens (including phenoxy) is 1. The molecule has 1 aliphatic rings. The molecule has 0 bridgehead atoms. The Morgan fingerprint density at radius 3 is 2.80 bits per heavy atom. The third kappa shape index (κ3) is 3.80. The molecule has 6 nitrogen and oxygen atoms in total. The van der Waals surface area contributed by atoms with E-state index in [0.717, 1.165) is 44.6 Å². The monoisotopic (exact) mass is 280 g/mol. The molecule has 112 valence electrons. The van der Waals surface area contributed by atoms with E-state index in [1.807, 2.05) is 7.05 Å². The van der Waals surface area contributed by atoms with Gasteiger partial charge in [-0.2, -0.15) is 5.10 Å². The summed E-state index contributed by atoms with van der Waals surface area (Å²) < 4.78 is 6.89. The molecule has 0 atom stereocenters. The second-order valence-corrected chi connectivity index (χ2v) is 5.15. The number of hydrogen-bond acceptors (Lipinski definition) is 5. The fraction of sp³-hybridized carbons (Fsp3) is 0.714. The SMILES string of the molecule is CNCCCn1ncc(N2CCC(OC)CC2)cc1=O. The molecule has 1 aromatic rings. The lowest BCUT2D eigenvalue weighted by atomic mass is 10.1. The third-order valence-corrected chi connectivity index (χ3v) is 3.79. The summed E-state index contributed by atoms with van der Waals surface area (Å²) in [6.07, 6.45) is 5.06. The summed E-state index contributed by atoms with van der Waals surface area (Å²) in [7, 11) is 3.66. The van der Waals surface area contributed by atoms with E-state index in [2.05, 4.69) is 15.3 Å². The summed E-state index contributed by atoms with van der Waals surface area (Å²) in [5, 5.41) is 7.33. The molecule has 2 rings (SSSR count). The molecule has 1 N–H and O–H groups in total. The smallest absolute Gasteiger partial charge is 0.268 e. The number of aryl methyl sites for hydroxylation is 1. The van der Waals surface area contributed by atoms with Crippen LogP contribution in [-0.2, 0) is 11.3 Å². The van der Waals surface area contributed by atoms with Gasteiger partial charge in [-0.15, -0.1) is 0 Å². The zero-order valence-electron chi connectivity index (χ0n) is 12.3. The zero-order valence-corrected chi connectivity index (χ0v) is 12.3. The van der Waals surface area contributed by atoms with Gasteiger partial charge in [0.05, 0.1) is 18.0 Å². The van der Waals surface area contributed by atoms with E-state index in [0.29, 0.717) is 12.6 Å². The minimum Gasteiger partial charge on any atom is -0.381 e. The maximum atomic E-state index is 12.0. The number of hydrogen-bond donors (Lipinski definition) is 1. The van der Waals surface area contributed by atoms with Gasteiger partial charge in [-0.1, -0.05) is 0 Å². The highest BCUT2D eigenvalue weighted by molar-refractivity contribution is 5.43. The van der Waals surface area contributed by atoms with E-state index in [1.165, 1.54) is 4.68 Å². The summed E-state index contributed by atoms with van der Waals surface area (Å²) in [4.78, 5) is 14.2. The minimum absolute atomic E-state index is 0.0209. The van der Waals surface area contributed by atoms with E-state index < -0.39 is 0 Å². The second-order valence-electron chi connectivity index (χ2n) is 5.15. The topological polar surface area (TPSA) is 59.4 Å². The van der Waals surface area contributed by atoms with Crippen molar-refractivity contribution in [1.29, 1.82) is 0 Å². The Hall–Kier alpha value is -1.40. The molecule has 0 radical (unpaired) electrons. The number of methoxy groups -OCH3 is 1. The minimum atomic E-state index is -0.0209. The van der Waals surface area contributed by atoms with Crippen molar-refractivity contribution in [3.05, 3.63) is 22.6 Å². The van der Waals surface area contributed by atoms with Crippen LogP contribution < -0.4 is 15.8 Å². The molecule has 20 heavy (non-hydrogen) atoms. The molecule has 1 aliphatic heterocycles. The molecule has 0 aromatic carbocycles. The number of aromatic nitrogens is 2. The zero-order chi connectivity index (χ0) is 14.4. The van der Waals surface area contributed by atoms with Gasteiger partial charge in [-0.25, -0.2) is 4.68 Å². The Morgan fingerprint density at radius 1 is 1.45 bits per heavy atom. The van der Waals surface area contributed by atoms with Gasteiger partial charge in [0.25, 0.3) is 5.56 Å². The van der Waals surface area contributed by atoms with Crippen molar-refractivity contribution >= 4 is 5.69 Å². The molecule has 0 aliphatic carbocycles. The lowest BCUT2D eigenvalue weighted by Gasteiger charge is -2.32. The van der Waals surface area contributed by atoms with Crippen molar-refractivity contribution < 1.29 is 4.74 Å². The van der Waals surface area contributed by atoms with Crippen molar-refractivity contribution in [2.24, 2.45) is 0 Å². The second kappa shape index (κ2) is 7.40. The van der Waals surface area contributed by atoms with Crippen LogP contribution in [0, 0.1) is 0 Å². The predicted molar refractivity (Wildman–Crippen MR) is 79.3 cm³/mol. The van der Waals surface area contributed by atoms with Crippen molar-refractivity contribution in [3.63, 3.8) is 0 Å². The van der Waals surface area contributed by atoms with E-state index in [4.69, 9.17) is 4.74 Å². The Labute approximate surface area is 119 Å². The van der Waals surface area contributed by atoms with Crippen LogP contribution in [0.2, 0.25) is 0 Å². The molecule has 1 aromatic heterocycles. The van der Waals surface area contributed by atoms with Crippen LogP contribution in [0.4, 0.5) is 5.69 Å². The van der Waals surface area contributed by atoms with Crippen LogP contribution in [0.25, 0.3) is 0 Å². The molecule has 2 heterocycles. The average Bonchev–Trinajstić information content (AvgIpc) is 2.49. The third-order valence-electron chi connectivity index (χ3n) is 3.79. The van der Waals surface area contributed by atoms with Crippen LogP contribution in [-0.4, -0.2) is 49.7 Å². The van der Waals surface area contributed by atoms with Crippen LogP contribution >= 0.6 is 0 Å². The Morgan fingerprint density at radius 2 is 2.20 bits per heavy atom. The fourth-order valence-electron chi connectivity index (χ4n) is 2.52. The van der Waals surface area contributed by atoms with Gasteiger partial charge in [0.15, 0.2) is 0 Å². The van der Waals surface area contributed by atoms with E-state index >= 15 is 0 Å². The van der Waals surface area contributed by atoms with Crippen molar-refractivity contribution in [2.75, 3.05) is 38.7 Å². The molecule has 0 unspecified atom stereocenters. The molecular formula is C14H24N4O2. The normalized spacial score (nSPS) is 16.6. The van der Waals surface area contributed by atoms with E-state index in [9.17, 15) is 4.79 Å². The fourth-order valence-corrected chi connectivity index (χ4v) is 2.52. The number of piperidine rings is 1. The molecule has 0 amide bonds. The first-order chi connectivity index (χ1) is 9.74. The van der Waals surface area contributed by atoms with Gasteiger partial charge >= 0.3 is 0 Å². The highest BCUT2D eigenvalue weighted by Gasteiger charge is 2.19. The lowest BCUT2D eigenvalue weighted by Crippen LogP contribution is -2.37. The quantitative estimate of drug-likeness (QED) is 0.768. The number of anilines is 1. The van der Waals surface area contributed by atoms with Gasteiger partial charge in [0.2, 0.25) is 0 Å². The van der Waals surface area contributed by atoms with Crippen molar-refractivity contribution in [2.45, 2.75) is 31.9 Å². The molecule has 6 heteroatoms. The summed E-state index contributed by atoms with van der Waals surface area (Å²) in [6.45, 7) is 3.39. The highest BCUT2D eigenvalue weighted by Crippen LogP contribution is 2.18. The maximum Gasteiger partial charge on any atom is 0.268 e. The van der Waals surface area contributed by atoms with Gasteiger partial charge in [0, 0.05) is 32.8 Å². The Bertz CT molecular complexity index is 466. The number of nitrogens with one attached hydrogen (secondary N) is 1. The van der Waals surface area contributed by atoms with Crippen LogP contribution in [0.3, 0.4) is 0 Å². The Balaban J connectivity index is 1.97. The number of nitrogens with zero attached hydrogens (tertiary/aromatic N) is 3. The van der Waals surface area contributed by atoms with Crippen molar-refractivity contribution in [1.82, 2.24) is 15.1 Å². The van der Waals surface area contributed by atoms with Crippen LogP contribution in [0.5, 0.6) is 0 Å². The average molecular weight is 280 g/mol. The van der Waals surface area contributed by atoms with E-state index in [1.54, 1.807) is 19.4 Å². The lowest BCUT2D eigenvalue weighted by molar-refractivity contribution is 0.0819. The first-order valence-electron chi connectivity index (χ1n) is 7.24. The van der Waals surface area contributed by atoms with Crippen LogP contribution in [0.1, 0.15) is 19.3 Å². The molecule has 0 saturated carbocycles. The molecule has 0 spiro atoms. The summed E-state index contributed by atoms with van der Waals surface area (Å²) in [6, 6.07) is 1.69.